The molecule has 0 aliphatic heterocycles. The Balaban J connectivity index is 1.91. The van der Waals surface area contributed by atoms with Gasteiger partial charge in [0.15, 0.2) is 17.5 Å². The molecule has 2 rings (SSSR count). The van der Waals surface area contributed by atoms with Crippen molar-refractivity contribution in [3.63, 3.8) is 0 Å². The molecule has 2 aromatic rings. The molecule has 2 aromatic carbocycles. The number of hydrogen-bond donors (Lipinski definition) is 3. The van der Waals surface area contributed by atoms with Crippen LogP contribution >= 0.6 is 0 Å². The molecule has 1 atom stereocenters. The van der Waals surface area contributed by atoms with Crippen LogP contribution in [0.15, 0.2) is 53.5 Å². The predicted octanol–water partition coefficient (Wildman–Crippen LogP) is 2.03. The van der Waals surface area contributed by atoms with Crippen molar-refractivity contribution in [2.45, 2.75) is 12.5 Å². The number of guanidine groups is 1. The third-order valence-electron chi connectivity index (χ3n) is 3.44. The summed E-state index contributed by atoms with van der Waals surface area (Å²) in [6.45, 7) is 0.223. The zero-order valence-electron chi connectivity index (χ0n) is 13.9. The highest BCUT2D eigenvalue weighted by Gasteiger charge is 2.07. The number of aliphatic imine (C=N–C) groups is 1. The molecule has 0 bridgehead atoms. The lowest BCUT2D eigenvalue weighted by atomic mass is 10.1. The molecule has 0 aliphatic rings. The minimum Gasteiger partial charge on any atom is -0.493 e. The molecule has 0 fully saturated rings. The lowest BCUT2D eigenvalue weighted by Gasteiger charge is -2.12. The molecule has 0 amide bonds. The van der Waals surface area contributed by atoms with Crippen LogP contribution in [0.1, 0.15) is 5.56 Å². The van der Waals surface area contributed by atoms with Crippen LogP contribution in [-0.2, 0) is 6.42 Å². The lowest BCUT2D eigenvalue weighted by molar-refractivity contribution is 0.184. The van der Waals surface area contributed by atoms with Gasteiger partial charge < -0.3 is 25.6 Å². The molecule has 6 nitrogen and oxygen atoms in total. The van der Waals surface area contributed by atoms with Gasteiger partial charge in [0.2, 0.25) is 0 Å². The fourth-order valence-electron chi connectivity index (χ4n) is 2.26. The molecule has 0 aliphatic carbocycles. The number of aliphatic hydroxyl groups is 1. The molecule has 0 aromatic heterocycles. The van der Waals surface area contributed by atoms with E-state index in [4.69, 9.17) is 15.2 Å². The van der Waals surface area contributed by atoms with Gasteiger partial charge in [0, 0.05) is 18.2 Å². The summed E-state index contributed by atoms with van der Waals surface area (Å²) in [6.07, 6.45) is -0.0493. The van der Waals surface area contributed by atoms with Crippen LogP contribution in [0.4, 0.5) is 5.69 Å². The normalized spacial score (nSPS) is 12.5. The summed E-state index contributed by atoms with van der Waals surface area (Å²) < 4.78 is 10.4. The van der Waals surface area contributed by atoms with E-state index in [-0.39, 0.29) is 12.5 Å². The van der Waals surface area contributed by atoms with Crippen LogP contribution in [0.3, 0.4) is 0 Å². The summed E-state index contributed by atoms with van der Waals surface area (Å²) in [5.41, 5.74) is 7.66. The number of nitrogens with two attached hydrogens (primary N) is 1. The summed E-state index contributed by atoms with van der Waals surface area (Å²) in [4.78, 5) is 4.17. The Labute approximate surface area is 141 Å². The molecular weight excluding hydrogens is 306 g/mol. The Morgan fingerprint density at radius 2 is 1.83 bits per heavy atom. The highest BCUT2D eigenvalue weighted by molar-refractivity contribution is 5.92. The van der Waals surface area contributed by atoms with Gasteiger partial charge in [-0.15, -0.1) is 0 Å². The standard InChI is InChI=1S/C18H23N3O3/c1-23-16-9-8-14(11-17(16)24-2)21-18(19)20-12-15(22)10-13-6-4-3-5-7-13/h3-9,11,15,22H,10,12H2,1-2H3,(H3,19,20,21). The van der Waals surface area contributed by atoms with Gasteiger partial charge in [0.1, 0.15) is 0 Å². The lowest BCUT2D eigenvalue weighted by Crippen LogP contribution is -2.25. The molecule has 4 N–H and O–H groups in total. The maximum absolute atomic E-state index is 10.0. The van der Waals surface area contributed by atoms with Gasteiger partial charge in [0.25, 0.3) is 0 Å². The van der Waals surface area contributed by atoms with Gasteiger partial charge >= 0.3 is 0 Å². The van der Waals surface area contributed by atoms with Crippen LogP contribution in [0.25, 0.3) is 0 Å². The summed E-state index contributed by atoms with van der Waals surface area (Å²) in [5, 5.41) is 13.0. The van der Waals surface area contributed by atoms with Crippen molar-refractivity contribution in [1.29, 1.82) is 0 Å². The molecule has 0 heterocycles. The third-order valence-corrected chi connectivity index (χ3v) is 3.44. The maximum atomic E-state index is 10.0. The zero-order chi connectivity index (χ0) is 17.4. The van der Waals surface area contributed by atoms with Crippen LogP contribution in [0.2, 0.25) is 0 Å². The summed E-state index contributed by atoms with van der Waals surface area (Å²) in [7, 11) is 3.15. The number of aliphatic hydroxyl groups excluding tert-OH is 1. The van der Waals surface area contributed by atoms with Gasteiger partial charge in [-0.05, 0) is 17.7 Å². The van der Waals surface area contributed by atoms with Gasteiger partial charge in [-0.25, -0.2) is 0 Å². The minimum absolute atomic E-state index is 0.223. The van der Waals surface area contributed by atoms with Crippen LogP contribution in [0.5, 0.6) is 11.5 Å². The number of nitrogens with one attached hydrogen (secondary N) is 1. The average Bonchev–Trinajstić information content (AvgIpc) is 2.60. The van der Waals surface area contributed by atoms with E-state index < -0.39 is 6.10 Å². The first-order chi connectivity index (χ1) is 11.6. The Morgan fingerprint density at radius 1 is 1.12 bits per heavy atom. The summed E-state index contributed by atoms with van der Waals surface area (Å²) >= 11 is 0. The average molecular weight is 329 g/mol. The van der Waals surface area contributed by atoms with Gasteiger partial charge in [-0.3, -0.25) is 4.99 Å². The maximum Gasteiger partial charge on any atom is 0.193 e. The molecular formula is C18H23N3O3. The number of nitrogens with zero attached hydrogens (tertiary/aromatic N) is 1. The minimum atomic E-state index is -0.585. The first kappa shape index (κ1) is 17.6. The number of ether oxygens (including phenoxy) is 2. The monoisotopic (exact) mass is 329 g/mol. The molecule has 0 saturated heterocycles. The molecule has 0 saturated carbocycles. The van der Waals surface area contributed by atoms with E-state index in [2.05, 4.69) is 10.3 Å². The van der Waals surface area contributed by atoms with Crippen molar-refractivity contribution in [3.8, 4) is 11.5 Å². The first-order valence-corrected chi connectivity index (χ1v) is 7.63. The number of methoxy groups -OCH3 is 2. The molecule has 128 valence electrons. The van der Waals surface area contributed by atoms with Gasteiger partial charge in [-0.1, -0.05) is 30.3 Å². The van der Waals surface area contributed by atoms with Crippen LogP contribution in [0, 0.1) is 0 Å². The van der Waals surface area contributed by atoms with Crippen molar-refractivity contribution in [2.24, 2.45) is 10.7 Å². The van der Waals surface area contributed by atoms with E-state index in [1.807, 2.05) is 36.4 Å². The number of rotatable bonds is 7. The van der Waals surface area contributed by atoms with Crippen molar-refractivity contribution in [1.82, 2.24) is 0 Å². The fraction of sp³-hybridized carbons (Fsp3) is 0.278. The Bertz CT molecular complexity index is 674. The Hall–Kier alpha value is -2.73. The van der Waals surface area contributed by atoms with Crippen molar-refractivity contribution in [3.05, 3.63) is 54.1 Å². The smallest absolute Gasteiger partial charge is 0.193 e. The Morgan fingerprint density at radius 3 is 2.50 bits per heavy atom. The largest absolute Gasteiger partial charge is 0.493 e. The van der Waals surface area contributed by atoms with Crippen molar-refractivity contribution < 1.29 is 14.6 Å². The molecule has 1 unspecified atom stereocenters. The van der Waals surface area contributed by atoms with E-state index in [0.717, 1.165) is 11.3 Å². The van der Waals surface area contributed by atoms with E-state index in [0.29, 0.717) is 17.9 Å². The second kappa shape index (κ2) is 8.79. The summed E-state index contributed by atoms with van der Waals surface area (Å²) in [5.74, 6) is 1.46. The first-order valence-electron chi connectivity index (χ1n) is 7.63. The highest BCUT2D eigenvalue weighted by Crippen LogP contribution is 2.29. The van der Waals surface area contributed by atoms with Crippen molar-refractivity contribution in [2.75, 3.05) is 26.1 Å². The number of anilines is 1. The second-order valence-electron chi connectivity index (χ2n) is 5.26. The zero-order valence-corrected chi connectivity index (χ0v) is 13.9. The molecule has 0 spiro atoms. The van der Waals surface area contributed by atoms with Crippen LogP contribution in [-0.4, -0.2) is 37.9 Å². The van der Waals surface area contributed by atoms with Crippen molar-refractivity contribution >= 4 is 11.6 Å². The fourth-order valence-corrected chi connectivity index (χ4v) is 2.26. The predicted molar refractivity (Wildman–Crippen MR) is 95.8 cm³/mol. The third kappa shape index (κ3) is 5.17. The van der Waals surface area contributed by atoms with E-state index in [1.54, 1.807) is 26.4 Å². The topological polar surface area (TPSA) is 89.1 Å². The molecule has 6 heteroatoms. The molecule has 0 radical (unpaired) electrons. The summed E-state index contributed by atoms with van der Waals surface area (Å²) in [6, 6.07) is 15.1. The highest BCUT2D eigenvalue weighted by atomic mass is 16.5. The van der Waals surface area contributed by atoms with E-state index in [9.17, 15) is 5.11 Å². The molecule has 24 heavy (non-hydrogen) atoms. The quantitative estimate of drug-likeness (QED) is 0.534. The van der Waals surface area contributed by atoms with Gasteiger partial charge in [-0.2, -0.15) is 0 Å². The number of benzene rings is 2. The van der Waals surface area contributed by atoms with E-state index >= 15 is 0 Å². The number of hydrogen-bond acceptors (Lipinski definition) is 4. The second-order valence-corrected chi connectivity index (χ2v) is 5.26. The SMILES string of the molecule is COc1ccc(NC(N)=NCC(O)Cc2ccccc2)cc1OC. The van der Waals surface area contributed by atoms with E-state index in [1.165, 1.54) is 0 Å². The Kier molecular flexibility index (Phi) is 6.45. The van der Waals surface area contributed by atoms with Crippen LogP contribution < -0.4 is 20.5 Å². The van der Waals surface area contributed by atoms with Gasteiger partial charge in [0.05, 0.1) is 26.9 Å².